The lowest BCUT2D eigenvalue weighted by Crippen LogP contribution is -2.15. The highest BCUT2D eigenvalue weighted by molar-refractivity contribution is 6.10. The maximum atomic E-state index is 13.0. The first-order valence-electron chi connectivity index (χ1n) is 13.1. The second-order valence-corrected chi connectivity index (χ2v) is 10.3. The minimum Gasteiger partial charge on any atom is -0.504 e. The van der Waals surface area contributed by atoms with Gasteiger partial charge in [-0.1, -0.05) is 49.7 Å². The second kappa shape index (κ2) is 10.3. The van der Waals surface area contributed by atoms with Gasteiger partial charge in [-0.05, 0) is 88.8 Å². The number of fused-ring (bicyclic) bond motifs is 9. The summed E-state index contributed by atoms with van der Waals surface area (Å²) < 4.78 is 5.51. The Balaban J connectivity index is 1.66. The summed E-state index contributed by atoms with van der Waals surface area (Å²) in [4.78, 5) is 25.7. The molecule has 0 aliphatic heterocycles. The number of carbonyl (C=O) groups is 2. The number of Topliss-reactive ketones (excluding diaryl/α,β-unsaturated/α-hetero) is 2. The number of methoxy groups -OCH3 is 1. The van der Waals surface area contributed by atoms with E-state index in [2.05, 4.69) is 43.3 Å². The van der Waals surface area contributed by atoms with E-state index in [-0.39, 0.29) is 23.7 Å². The van der Waals surface area contributed by atoms with Gasteiger partial charge in [-0.25, -0.2) is 0 Å². The van der Waals surface area contributed by atoms with E-state index in [0.29, 0.717) is 42.9 Å². The lowest BCUT2D eigenvalue weighted by Gasteiger charge is -2.22. The van der Waals surface area contributed by atoms with Crippen molar-refractivity contribution in [2.75, 3.05) is 7.11 Å². The van der Waals surface area contributed by atoms with Crippen LogP contribution in [0.4, 0.5) is 0 Å². The minimum atomic E-state index is -0.0745. The van der Waals surface area contributed by atoms with Crippen LogP contribution in [0.1, 0.15) is 73.3 Å². The van der Waals surface area contributed by atoms with Crippen LogP contribution in [0.25, 0.3) is 16.8 Å². The number of aromatic hydroxyl groups is 1. The van der Waals surface area contributed by atoms with Crippen LogP contribution < -0.4 is 4.74 Å². The van der Waals surface area contributed by atoms with E-state index in [1.54, 1.807) is 7.11 Å². The molecule has 0 aromatic heterocycles. The fraction of sp³-hybridized carbons (Fsp3) is 0.375. The van der Waals surface area contributed by atoms with Gasteiger partial charge < -0.3 is 9.84 Å². The Morgan fingerprint density at radius 1 is 0.944 bits per heavy atom. The summed E-state index contributed by atoms with van der Waals surface area (Å²) in [5.41, 5.74) is 5.98. The fourth-order valence-corrected chi connectivity index (χ4v) is 5.90. The molecule has 6 rings (SSSR count). The fourth-order valence-electron chi connectivity index (χ4n) is 5.90. The first kappa shape index (κ1) is 24.3. The van der Waals surface area contributed by atoms with Gasteiger partial charge in [0, 0.05) is 18.4 Å². The van der Waals surface area contributed by atoms with Gasteiger partial charge >= 0.3 is 0 Å². The monoisotopic (exact) mass is 482 g/mol. The zero-order valence-electron chi connectivity index (χ0n) is 21.2. The normalized spacial score (nSPS) is 18.7. The molecule has 186 valence electrons. The molecule has 0 saturated carbocycles. The van der Waals surface area contributed by atoms with Crippen LogP contribution in [0.2, 0.25) is 0 Å². The van der Waals surface area contributed by atoms with Crippen LogP contribution in [0.5, 0.6) is 11.5 Å². The molecule has 0 saturated heterocycles. The summed E-state index contributed by atoms with van der Waals surface area (Å²) in [6.45, 7) is 2.19. The van der Waals surface area contributed by atoms with Crippen LogP contribution in [-0.4, -0.2) is 23.8 Å². The number of hydrogen-bond acceptors (Lipinski definition) is 4. The summed E-state index contributed by atoms with van der Waals surface area (Å²) in [7, 11) is 1.55. The number of allylic oxidation sites excluding steroid dienone is 1. The van der Waals surface area contributed by atoms with Gasteiger partial charge in [0.15, 0.2) is 17.3 Å². The molecule has 0 fully saturated rings. The Kier molecular flexibility index (Phi) is 6.95. The van der Waals surface area contributed by atoms with E-state index in [4.69, 9.17) is 4.74 Å². The van der Waals surface area contributed by atoms with Crippen LogP contribution in [-0.2, 0) is 28.9 Å². The lowest BCUT2D eigenvalue weighted by molar-refractivity contribution is -0.125. The molecule has 4 nitrogen and oxygen atoms in total. The molecule has 1 N–H and O–H groups in total. The van der Waals surface area contributed by atoms with E-state index < -0.39 is 0 Å². The van der Waals surface area contributed by atoms with Crippen LogP contribution in [0.3, 0.4) is 0 Å². The molecule has 3 aliphatic carbocycles. The third-order valence-electron chi connectivity index (χ3n) is 8.05. The first-order chi connectivity index (χ1) is 17.5. The molecule has 0 amide bonds. The Morgan fingerprint density at radius 2 is 1.75 bits per heavy atom. The first-order valence-corrected chi connectivity index (χ1v) is 13.1. The van der Waals surface area contributed by atoms with Crippen LogP contribution >= 0.6 is 0 Å². The summed E-state index contributed by atoms with van der Waals surface area (Å²) >= 11 is 0. The van der Waals surface area contributed by atoms with Gasteiger partial charge in [-0.15, -0.1) is 0 Å². The topological polar surface area (TPSA) is 63.6 Å². The zero-order valence-corrected chi connectivity index (χ0v) is 21.2. The van der Waals surface area contributed by atoms with Gasteiger partial charge in [0.25, 0.3) is 0 Å². The molecule has 0 radical (unpaired) electrons. The van der Waals surface area contributed by atoms with E-state index in [0.717, 1.165) is 47.9 Å². The maximum Gasteiger partial charge on any atom is 0.166 e. The van der Waals surface area contributed by atoms with Crippen molar-refractivity contribution >= 4 is 28.4 Å². The summed E-state index contributed by atoms with van der Waals surface area (Å²) in [5, 5.41) is 13.6. The number of aryl methyl sites for hydroxylation is 1. The van der Waals surface area contributed by atoms with E-state index in [1.807, 2.05) is 12.1 Å². The number of carbonyl (C=O) groups excluding carboxylic acids is 2. The minimum absolute atomic E-state index is 0.0227. The molecule has 3 aromatic rings. The number of phenols is 1. The predicted molar refractivity (Wildman–Crippen MR) is 144 cm³/mol. The third-order valence-corrected chi connectivity index (χ3v) is 8.05. The summed E-state index contributed by atoms with van der Waals surface area (Å²) in [6, 6.07) is 14.8. The molecule has 1 atom stereocenters. The Hall–Kier alpha value is -3.40. The molecule has 1 unspecified atom stereocenters. The molecule has 0 spiro atoms. The van der Waals surface area contributed by atoms with Crippen molar-refractivity contribution in [3.8, 4) is 11.5 Å². The van der Waals surface area contributed by atoms with Crippen LogP contribution in [0, 0.1) is 5.92 Å². The number of ketones is 2. The molecule has 3 aromatic carbocycles. The lowest BCUT2D eigenvalue weighted by atomic mass is 9.83. The van der Waals surface area contributed by atoms with Gasteiger partial charge in [0.05, 0.1) is 13.5 Å². The van der Waals surface area contributed by atoms with E-state index in [9.17, 15) is 14.7 Å². The highest BCUT2D eigenvalue weighted by atomic mass is 16.5. The average Bonchev–Trinajstić information content (AvgIpc) is 2.89. The van der Waals surface area contributed by atoms with E-state index in [1.165, 1.54) is 16.3 Å². The quantitative estimate of drug-likeness (QED) is 0.410. The number of hydrogen-bond donors (Lipinski definition) is 1. The molecular weight excluding hydrogens is 448 g/mol. The van der Waals surface area contributed by atoms with Crippen molar-refractivity contribution in [1.82, 2.24) is 0 Å². The standard InChI is InChI=1S/C32H34O4/c1-3-20-8-10-23-15-21(14-22-6-4-5-7-27(22)23)16-29-28-13-11-24(30(34)19-26(33)12-9-20)17-25(28)18-31(36-2)32(29)35/h4-7,14-15,17-18,20,35H,3,8-13,16,19H2,1-2H3. The Morgan fingerprint density at radius 3 is 2.56 bits per heavy atom. The Labute approximate surface area is 213 Å². The molecule has 3 aliphatic rings. The van der Waals surface area contributed by atoms with Gasteiger partial charge in [-0.2, -0.15) is 0 Å². The van der Waals surface area contributed by atoms with Crippen molar-refractivity contribution < 1.29 is 19.4 Å². The molecule has 4 heteroatoms. The molecule has 6 bridgehead atoms. The average molecular weight is 483 g/mol. The zero-order chi connectivity index (χ0) is 25.2. The van der Waals surface area contributed by atoms with Crippen molar-refractivity contribution in [2.45, 2.75) is 64.7 Å². The third kappa shape index (κ3) is 4.82. The number of ether oxygens (including phenoxy) is 1. The highest BCUT2D eigenvalue weighted by Crippen LogP contribution is 2.41. The van der Waals surface area contributed by atoms with Crippen molar-refractivity contribution in [3.63, 3.8) is 0 Å². The van der Waals surface area contributed by atoms with Gasteiger partial charge in [0.1, 0.15) is 5.78 Å². The summed E-state index contributed by atoms with van der Waals surface area (Å²) in [5.74, 6) is 0.992. The number of rotatable bonds is 2. The second-order valence-electron chi connectivity index (χ2n) is 10.3. The number of phenolic OH excluding ortho intramolecular Hbond substituents is 1. The molecule has 36 heavy (non-hydrogen) atoms. The summed E-state index contributed by atoms with van der Waals surface area (Å²) in [6.07, 6.45) is 7.97. The van der Waals surface area contributed by atoms with Gasteiger partial charge in [-0.3, -0.25) is 9.59 Å². The van der Waals surface area contributed by atoms with Crippen molar-refractivity contribution in [2.24, 2.45) is 5.92 Å². The molecule has 0 heterocycles. The maximum absolute atomic E-state index is 13.0. The predicted octanol–water partition coefficient (Wildman–Crippen LogP) is 6.76. The van der Waals surface area contributed by atoms with Crippen LogP contribution in [0.15, 0.2) is 48.0 Å². The Bertz CT molecular complexity index is 1360. The van der Waals surface area contributed by atoms with Crippen molar-refractivity contribution in [1.29, 1.82) is 0 Å². The number of benzene rings is 3. The van der Waals surface area contributed by atoms with Crippen molar-refractivity contribution in [3.05, 3.63) is 75.9 Å². The highest BCUT2D eigenvalue weighted by Gasteiger charge is 2.25. The SMILES string of the molecule is CCC1CCC(=O)CC(=O)C2=Cc3cc(OC)c(O)c(c3CC2)Cc2cc(c3ccccc3c2)CC1. The largest absolute Gasteiger partial charge is 0.504 e. The smallest absolute Gasteiger partial charge is 0.166 e. The van der Waals surface area contributed by atoms with Gasteiger partial charge in [0.2, 0.25) is 0 Å². The van der Waals surface area contributed by atoms with E-state index >= 15 is 0 Å². The molecular formula is C32H34O4.